The van der Waals surface area contributed by atoms with E-state index in [1.807, 2.05) is 66.7 Å². The van der Waals surface area contributed by atoms with Crippen LogP contribution in [0, 0.1) is 25.7 Å². The molecule has 4 unspecified atom stereocenters. The molecule has 0 heterocycles. The molecule has 4 atom stereocenters. The normalized spacial score (nSPS) is 19.3. The predicted octanol–water partition coefficient (Wildman–Crippen LogP) is 5.44. The van der Waals surface area contributed by atoms with E-state index < -0.39 is 29.3 Å². The summed E-state index contributed by atoms with van der Waals surface area (Å²) in [4.78, 5) is 42.6. The first-order valence-electron chi connectivity index (χ1n) is 13.1. The van der Waals surface area contributed by atoms with Gasteiger partial charge >= 0.3 is 6.09 Å². The van der Waals surface area contributed by atoms with Crippen LogP contribution in [-0.4, -0.2) is 46.0 Å². The molecule has 2 rings (SSSR count). The number of hydrogen-bond acceptors (Lipinski definition) is 4. The molecule has 1 aromatic carbocycles. The van der Waals surface area contributed by atoms with Gasteiger partial charge in [0.1, 0.15) is 17.7 Å². The van der Waals surface area contributed by atoms with Gasteiger partial charge in [-0.2, -0.15) is 0 Å². The van der Waals surface area contributed by atoms with Crippen LogP contribution < -0.4 is 10.6 Å². The minimum absolute atomic E-state index is 0.0812. The van der Waals surface area contributed by atoms with Crippen molar-refractivity contribution in [1.29, 1.82) is 0 Å². The van der Waals surface area contributed by atoms with E-state index in [0.29, 0.717) is 6.42 Å². The Balaban J connectivity index is 2.59. The number of aryl methyl sites for hydroxylation is 2. The third-order valence-corrected chi connectivity index (χ3v) is 6.22. The lowest BCUT2D eigenvalue weighted by atomic mass is 9.92. The Morgan fingerprint density at radius 2 is 1.58 bits per heavy atom. The highest BCUT2D eigenvalue weighted by atomic mass is 16.6. The summed E-state index contributed by atoms with van der Waals surface area (Å²) in [6.45, 7) is 21.2. The molecule has 1 aliphatic carbocycles. The first-order chi connectivity index (χ1) is 16.4. The summed E-state index contributed by atoms with van der Waals surface area (Å²) in [7, 11) is 0. The van der Waals surface area contributed by atoms with Crippen molar-refractivity contribution >= 4 is 17.9 Å². The van der Waals surface area contributed by atoms with Gasteiger partial charge in [0.05, 0.1) is 0 Å². The van der Waals surface area contributed by atoms with Gasteiger partial charge in [-0.3, -0.25) is 9.59 Å². The maximum absolute atomic E-state index is 14.3. The van der Waals surface area contributed by atoms with E-state index in [9.17, 15) is 14.4 Å². The highest BCUT2D eigenvalue weighted by Crippen LogP contribution is 2.42. The topological polar surface area (TPSA) is 87.7 Å². The van der Waals surface area contributed by atoms with Crippen molar-refractivity contribution in [3.05, 3.63) is 34.9 Å². The summed E-state index contributed by atoms with van der Waals surface area (Å²) >= 11 is 0. The molecule has 0 saturated heterocycles. The zero-order chi connectivity index (χ0) is 27.6. The second-order valence-corrected chi connectivity index (χ2v) is 12.8. The summed E-state index contributed by atoms with van der Waals surface area (Å²) in [5.74, 6) is -0.0487. The van der Waals surface area contributed by atoms with Crippen LogP contribution in [0.3, 0.4) is 0 Å². The smallest absolute Gasteiger partial charge is 0.408 e. The molecule has 3 amide bonds. The van der Waals surface area contributed by atoms with Crippen LogP contribution in [0.2, 0.25) is 0 Å². The Hall–Kier alpha value is -2.57. The summed E-state index contributed by atoms with van der Waals surface area (Å²) in [6.07, 6.45) is 0.625. The molecule has 7 heteroatoms. The van der Waals surface area contributed by atoms with Gasteiger partial charge < -0.3 is 20.3 Å². The second kappa shape index (κ2) is 11.2. The van der Waals surface area contributed by atoms with Gasteiger partial charge in [0.15, 0.2) is 0 Å². The number of ether oxygens (including phenoxy) is 1. The van der Waals surface area contributed by atoms with Crippen molar-refractivity contribution in [3.63, 3.8) is 0 Å². The summed E-state index contributed by atoms with van der Waals surface area (Å²) in [6, 6.07) is 4.23. The molecule has 1 aromatic rings. The number of amides is 3. The number of alkyl carbamates (subject to hydrolysis) is 1. The number of benzene rings is 1. The maximum atomic E-state index is 14.3. The molecular formula is C29H47N3O4. The van der Waals surface area contributed by atoms with Gasteiger partial charge in [-0.25, -0.2) is 4.79 Å². The maximum Gasteiger partial charge on any atom is 0.408 e. The van der Waals surface area contributed by atoms with Crippen molar-refractivity contribution in [2.45, 2.75) is 118 Å². The van der Waals surface area contributed by atoms with Gasteiger partial charge in [-0.15, -0.1) is 0 Å². The Morgan fingerprint density at radius 1 is 1.06 bits per heavy atom. The van der Waals surface area contributed by atoms with Crippen LogP contribution in [0.4, 0.5) is 4.79 Å². The Bertz CT molecular complexity index is 938. The predicted molar refractivity (Wildman–Crippen MR) is 144 cm³/mol. The van der Waals surface area contributed by atoms with Crippen molar-refractivity contribution < 1.29 is 19.1 Å². The molecule has 202 valence electrons. The van der Waals surface area contributed by atoms with Crippen molar-refractivity contribution in [2.24, 2.45) is 11.8 Å². The zero-order valence-electron chi connectivity index (χ0n) is 24.1. The molecule has 2 N–H and O–H groups in total. The third kappa shape index (κ3) is 8.24. The second-order valence-electron chi connectivity index (χ2n) is 12.8. The fourth-order valence-electron chi connectivity index (χ4n) is 4.59. The molecule has 36 heavy (non-hydrogen) atoms. The minimum Gasteiger partial charge on any atom is -0.444 e. The van der Waals surface area contributed by atoms with E-state index in [-0.39, 0.29) is 29.7 Å². The highest BCUT2D eigenvalue weighted by Gasteiger charge is 2.49. The van der Waals surface area contributed by atoms with Crippen LogP contribution >= 0.6 is 0 Å². The number of carbonyl (C=O) groups excluding carboxylic acids is 3. The van der Waals surface area contributed by atoms with Gasteiger partial charge in [-0.05, 0) is 96.8 Å². The lowest BCUT2D eigenvalue weighted by Gasteiger charge is -2.38. The quantitative estimate of drug-likeness (QED) is 0.497. The highest BCUT2D eigenvalue weighted by molar-refractivity contribution is 5.93. The first-order valence-corrected chi connectivity index (χ1v) is 13.1. The van der Waals surface area contributed by atoms with Gasteiger partial charge in [0.2, 0.25) is 11.8 Å². The van der Waals surface area contributed by atoms with Crippen molar-refractivity contribution in [1.82, 2.24) is 15.5 Å². The molecule has 1 aliphatic rings. The lowest BCUT2D eigenvalue weighted by molar-refractivity contribution is -0.144. The summed E-state index contributed by atoms with van der Waals surface area (Å²) in [5.41, 5.74) is 1.59. The monoisotopic (exact) mass is 501 g/mol. The van der Waals surface area contributed by atoms with Crippen LogP contribution in [0.15, 0.2) is 18.2 Å². The van der Waals surface area contributed by atoms with E-state index in [1.165, 1.54) is 0 Å². The average molecular weight is 502 g/mol. The number of carbonyl (C=O) groups is 3. The summed E-state index contributed by atoms with van der Waals surface area (Å²) < 4.78 is 5.47. The van der Waals surface area contributed by atoms with E-state index in [1.54, 1.807) is 25.7 Å². The third-order valence-electron chi connectivity index (χ3n) is 6.22. The molecular weight excluding hydrogens is 454 g/mol. The van der Waals surface area contributed by atoms with E-state index in [2.05, 4.69) is 17.6 Å². The number of hydrogen-bond donors (Lipinski definition) is 2. The minimum atomic E-state index is -0.804. The molecule has 0 aromatic heterocycles. The van der Waals surface area contributed by atoms with E-state index in [4.69, 9.17) is 4.74 Å². The molecule has 1 fully saturated rings. The largest absolute Gasteiger partial charge is 0.444 e. The Labute approximate surface area is 217 Å². The van der Waals surface area contributed by atoms with Crippen LogP contribution in [0.5, 0.6) is 0 Å². The van der Waals surface area contributed by atoms with Gasteiger partial charge in [0, 0.05) is 11.6 Å². The Kier molecular flexibility index (Phi) is 9.25. The Morgan fingerprint density at radius 3 is 2.00 bits per heavy atom. The molecule has 7 nitrogen and oxygen atoms in total. The lowest BCUT2D eigenvalue weighted by Crippen LogP contribution is -2.56. The van der Waals surface area contributed by atoms with Crippen molar-refractivity contribution in [2.75, 3.05) is 0 Å². The SMILES string of the molecule is Cc1cccc(C)c1C(C(=O)NC(C)(C)C)N(C(=O)C(CC(C)C)NC(=O)OC(C)(C)C)C1CC1C. The molecule has 1 saturated carbocycles. The first kappa shape index (κ1) is 29.7. The molecule has 0 spiro atoms. The van der Waals surface area contributed by atoms with Gasteiger partial charge in [0.25, 0.3) is 0 Å². The van der Waals surface area contributed by atoms with E-state index >= 15 is 0 Å². The number of nitrogens with one attached hydrogen (secondary N) is 2. The van der Waals surface area contributed by atoms with Crippen LogP contribution in [0.1, 0.15) is 97.9 Å². The van der Waals surface area contributed by atoms with E-state index in [0.717, 1.165) is 23.1 Å². The van der Waals surface area contributed by atoms with Gasteiger partial charge in [-0.1, -0.05) is 39.0 Å². The standard InChI is InChI=1S/C29H47N3O4/c1-17(2)15-21(30-27(35)36-29(9,10)11)26(34)32(22-16-20(22)5)24(25(33)31-28(6,7)8)23-18(3)13-12-14-19(23)4/h12-14,17,20-22,24H,15-16H2,1-11H3,(H,30,35)(H,31,33). The molecule has 0 radical (unpaired) electrons. The zero-order valence-corrected chi connectivity index (χ0v) is 24.1. The average Bonchev–Trinajstić information content (AvgIpc) is 3.38. The number of nitrogens with zero attached hydrogens (tertiary/aromatic N) is 1. The molecule has 0 aliphatic heterocycles. The van der Waals surface area contributed by atoms with Crippen LogP contribution in [-0.2, 0) is 14.3 Å². The fraction of sp³-hybridized carbons (Fsp3) is 0.690. The number of rotatable bonds is 8. The molecule has 0 bridgehead atoms. The van der Waals surface area contributed by atoms with Crippen molar-refractivity contribution in [3.8, 4) is 0 Å². The van der Waals surface area contributed by atoms with Crippen LogP contribution in [0.25, 0.3) is 0 Å². The fourth-order valence-corrected chi connectivity index (χ4v) is 4.59. The summed E-state index contributed by atoms with van der Waals surface area (Å²) in [5, 5.41) is 5.93.